The Morgan fingerprint density at radius 1 is 1.17 bits per heavy atom. The van der Waals surface area contributed by atoms with Gasteiger partial charge in [0.1, 0.15) is 17.3 Å². The summed E-state index contributed by atoms with van der Waals surface area (Å²) < 4.78 is 20.5. The second-order valence-corrected chi connectivity index (χ2v) is 7.10. The van der Waals surface area contributed by atoms with E-state index >= 15 is 0 Å². The van der Waals surface area contributed by atoms with Crippen molar-refractivity contribution >= 4 is 5.91 Å². The molecule has 7 heteroatoms. The number of piperidine rings is 1. The molecule has 0 aliphatic carbocycles. The van der Waals surface area contributed by atoms with E-state index in [4.69, 9.17) is 4.74 Å². The lowest BCUT2D eigenvalue weighted by Crippen LogP contribution is -2.38. The summed E-state index contributed by atoms with van der Waals surface area (Å²) in [6.07, 6.45) is 2.88. The van der Waals surface area contributed by atoms with Crippen LogP contribution < -0.4 is 4.74 Å². The van der Waals surface area contributed by atoms with Crippen LogP contribution in [0.5, 0.6) is 11.5 Å². The van der Waals surface area contributed by atoms with Gasteiger partial charge in [0.05, 0.1) is 13.3 Å². The summed E-state index contributed by atoms with van der Waals surface area (Å²) >= 11 is 0. The molecule has 1 aromatic heterocycles. The largest absolute Gasteiger partial charge is 0.504 e. The Hall–Kier alpha value is -3.35. The summed E-state index contributed by atoms with van der Waals surface area (Å²) in [7, 11) is 1.65. The third kappa shape index (κ3) is 3.81. The van der Waals surface area contributed by atoms with Crippen molar-refractivity contribution in [3.05, 3.63) is 71.8 Å². The number of para-hydroxylation sites is 1. The van der Waals surface area contributed by atoms with Crippen LogP contribution in [-0.2, 0) is 0 Å². The maximum absolute atomic E-state index is 14.0. The topological polar surface area (TPSA) is 67.6 Å². The molecule has 0 atom stereocenters. The van der Waals surface area contributed by atoms with Crippen molar-refractivity contribution in [2.75, 3.05) is 20.2 Å². The number of amides is 1. The Kier molecular flexibility index (Phi) is 5.20. The maximum atomic E-state index is 14.0. The zero-order chi connectivity index (χ0) is 20.4. The van der Waals surface area contributed by atoms with Crippen LogP contribution in [0.15, 0.2) is 54.7 Å². The average molecular weight is 395 g/mol. The highest BCUT2D eigenvalue weighted by atomic mass is 19.1. The van der Waals surface area contributed by atoms with Crippen molar-refractivity contribution in [3.63, 3.8) is 0 Å². The summed E-state index contributed by atoms with van der Waals surface area (Å²) in [6.45, 7) is 1.12. The Labute approximate surface area is 168 Å². The zero-order valence-electron chi connectivity index (χ0n) is 16.1. The molecular formula is C22H22FN3O3. The molecule has 1 aliphatic heterocycles. The van der Waals surface area contributed by atoms with E-state index in [2.05, 4.69) is 11.2 Å². The van der Waals surface area contributed by atoms with E-state index in [1.165, 1.54) is 28.6 Å². The highest BCUT2D eigenvalue weighted by Gasteiger charge is 2.28. The smallest absolute Gasteiger partial charge is 0.278 e. The molecule has 1 saturated heterocycles. The quantitative estimate of drug-likeness (QED) is 0.731. The van der Waals surface area contributed by atoms with Crippen LogP contribution in [-0.4, -0.2) is 45.9 Å². The van der Waals surface area contributed by atoms with Crippen LogP contribution >= 0.6 is 0 Å². The van der Waals surface area contributed by atoms with Gasteiger partial charge >= 0.3 is 0 Å². The number of likely N-dealkylation sites (tertiary alicyclic amines) is 1. The van der Waals surface area contributed by atoms with E-state index in [9.17, 15) is 14.3 Å². The molecule has 0 saturated carbocycles. The Morgan fingerprint density at radius 2 is 1.93 bits per heavy atom. The van der Waals surface area contributed by atoms with E-state index in [0.29, 0.717) is 19.0 Å². The lowest BCUT2D eigenvalue weighted by atomic mass is 9.89. The number of carbonyl (C=O) groups excluding carboxylic acids is 1. The molecule has 4 rings (SSSR count). The SMILES string of the molecule is COc1cccc(C2CCN(C(=O)c3nn(-c4ccccc4F)cc3O)CC2)c1. The predicted octanol–water partition coefficient (Wildman–Crippen LogP) is 3.75. The van der Waals surface area contributed by atoms with Gasteiger partial charge in [-0.15, -0.1) is 0 Å². The number of nitrogens with zero attached hydrogens (tertiary/aromatic N) is 3. The second kappa shape index (κ2) is 7.95. The van der Waals surface area contributed by atoms with Gasteiger partial charge in [0.2, 0.25) is 0 Å². The van der Waals surface area contributed by atoms with Crippen molar-refractivity contribution in [1.82, 2.24) is 14.7 Å². The number of benzene rings is 2. The van der Waals surface area contributed by atoms with E-state index < -0.39 is 5.82 Å². The molecule has 29 heavy (non-hydrogen) atoms. The number of aromatic nitrogens is 2. The zero-order valence-corrected chi connectivity index (χ0v) is 16.1. The first-order chi connectivity index (χ1) is 14.1. The van der Waals surface area contributed by atoms with Crippen LogP contribution in [0, 0.1) is 5.82 Å². The van der Waals surface area contributed by atoms with E-state index in [0.717, 1.165) is 18.6 Å². The van der Waals surface area contributed by atoms with Crippen LogP contribution in [0.25, 0.3) is 5.69 Å². The second-order valence-electron chi connectivity index (χ2n) is 7.10. The third-order valence-electron chi connectivity index (χ3n) is 5.34. The number of halogens is 1. The first-order valence-electron chi connectivity index (χ1n) is 9.53. The Balaban J connectivity index is 1.47. The number of hydrogen-bond acceptors (Lipinski definition) is 4. The van der Waals surface area contributed by atoms with E-state index in [-0.39, 0.29) is 23.0 Å². The van der Waals surface area contributed by atoms with Crippen molar-refractivity contribution < 1.29 is 19.0 Å². The fraction of sp³-hybridized carbons (Fsp3) is 0.273. The van der Waals surface area contributed by atoms with Crippen molar-refractivity contribution in [2.24, 2.45) is 0 Å². The highest BCUT2D eigenvalue weighted by molar-refractivity contribution is 5.95. The highest BCUT2D eigenvalue weighted by Crippen LogP contribution is 2.31. The number of hydrogen-bond donors (Lipinski definition) is 1. The number of aromatic hydroxyl groups is 1. The molecule has 1 amide bonds. The van der Waals surface area contributed by atoms with Gasteiger partial charge in [-0.05, 0) is 48.6 Å². The normalized spacial score (nSPS) is 14.8. The molecule has 0 radical (unpaired) electrons. The molecule has 6 nitrogen and oxygen atoms in total. The number of methoxy groups -OCH3 is 1. The molecule has 0 bridgehead atoms. The van der Waals surface area contributed by atoms with Gasteiger partial charge < -0.3 is 14.7 Å². The van der Waals surface area contributed by atoms with E-state index in [1.807, 2.05) is 18.2 Å². The van der Waals surface area contributed by atoms with Gasteiger partial charge in [-0.25, -0.2) is 9.07 Å². The fourth-order valence-electron chi connectivity index (χ4n) is 3.74. The molecular weight excluding hydrogens is 373 g/mol. The molecule has 3 aromatic rings. The fourth-order valence-corrected chi connectivity index (χ4v) is 3.74. The minimum atomic E-state index is -0.479. The number of rotatable bonds is 4. The van der Waals surface area contributed by atoms with Gasteiger partial charge in [-0.1, -0.05) is 24.3 Å². The van der Waals surface area contributed by atoms with Crippen LogP contribution in [0.3, 0.4) is 0 Å². The number of ether oxygens (including phenoxy) is 1. The Bertz CT molecular complexity index is 1030. The summed E-state index contributed by atoms with van der Waals surface area (Å²) in [5.74, 6) is 0.0892. The molecule has 2 aromatic carbocycles. The van der Waals surface area contributed by atoms with Gasteiger partial charge in [-0.2, -0.15) is 5.10 Å². The predicted molar refractivity (Wildman–Crippen MR) is 106 cm³/mol. The van der Waals surface area contributed by atoms with Crippen LogP contribution in [0.2, 0.25) is 0 Å². The van der Waals surface area contributed by atoms with Gasteiger partial charge in [-0.3, -0.25) is 4.79 Å². The number of carbonyl (C=O) groups is 1. The van der Waals surface area contributed by atoms with Crippen molar-refractivity contribution in [3.8, 4) is 17.2 Å². The monoisotopic (exact) mass is 395 g/mol. The molecule has 1 aliphatic rings. The summed E-state index contributed by atoms with van der Waals surface area (Å²) in [5, 5.41) is 14.3. The third-order valence-corrected chi connectivity index (χ3v) is 5.34. The first kappa shape index (κ1) is 19.0. The van der Waals surface area contributed by atoms with Gasteiger partial charge in [0.25, 0.3) is 5.91 Å². The molecule has 1 fully saturated rings. The van der Waals surface area contributed by atoms with Crippen molar-refractivity contribution in [1.29, 1.82) is 0 Å². The first-order valence-corrected chi connectivity index (χ1v) is 9.53. The molecule has 1 N–H and O–H groups in total. The summed E-state index contributed by atoms with van der Waals surface area (Å²) in [4.78, 5) is 14.6. The molecule has 2 heterocycles. The van der Waals surface area contributed by atoms with Gasteiger partial charge in [0, 0.05) is 13.1 Å². The van der Waals surface area contributed by atoms with Crippen LogP contribution in [0.1, 0.15) is 34.8 Å². The summed E-state index contributed by atoms with van der Waals surface area (Å²) in [5.41, 5.74) is 1.31. The maximum Gasteiger partial charge on any atom is 0.278 e. The van der Waals surface area contributed by atoms with Crippen LogP contribution in [0.4, 0.5) is 4.39 Å². The van der Waals surface area contributed by atoms with E-state index in [1.54, 1.807) is 24.1 Å². The lowest BCUT2D eigenvalue weighted by Gasteiger charge is -2.32. The Morgan fingerprint density at radius 3 is 2.66 bits per heavy atom. The minimum absolute atomic E-state index is 0.0620. The molecule has 0 unspecified atom stereocenters. The average Bonchev–Trinajstić information content (AvgIpc) is 3.15. The van der Waals surface area contributed by atoms with Crippen molar-refractivity contribution in [2.45, 2.75) is 18.8 Å². The standard InChI is InChI=1S/C22H22FN3O3/c1-29-17-6-4-5-16(13-17)15-9-11-25(12-10-15)22(28)21-20(27)14-26(24-21)19-8-3-2-7-18(19)23/h2-8,13-15,27H,9-12H2,1H3. The minimum Gasteiger partial charge on any atom is -0.504 e. The lowest BCUT2D eigenvalue weighted by molar-refractivity contribution is 0.0703. The summed E-state index contributed by atoms with van der Waals surface area (Å²) in [6, 6.07) is 14.1. The van der Waals surface area contributed by atoms with Gasteiger partial charge in [0.15, 0.2) is 11.4 Å². The molecule has 0 spiro atoms. The molecule has 150 valence electrons.